The van der Waals surface area contributed by atoms with Gasteiger partial charge in [0.05, 0.1) is 7.11 Å². The molecule has 0 aliphatic carbocycles. The summed E-state index contributed by atoms with van der Waals surface area (Å²) in [5.74, 6) is 0.697. The monoisotopic (exact) mass is 244 g/mol. The summed E-state index contributed by atoms with van der Waals surface area (Å²) in [5, 5.41) is 5.75. The number of methoxy groups -OCH3 is 1. The smallest absolute Gasteiger partial charge is 0.221 e. The molecule has 0 saturated carbocycles. The van der Waals surface area contributed by atoms with E-state index in [1.54, 1.807) is 7.11 Å². The summed E-state index contributed by atoms with van der Waals surface area (Å²) < 4.78 is 5.29. The van der Waals surface area contributed by atoms with Crippen molar-refractivity contribution in [2.45, 2.75) is 26.3 Å². The van der Waals surface area contributed by atoms with Crippen molar-refractivity contribution in [3.05, 3.63) is 36.0 Å². The lowest BCUT2D eigenvalue weighted by molar-refractivity contribution is 0.403. The number of nitrogens with one attached hydrogen (secondary N) is 1. The van der Waals surface area contributed by atoms with Gasteiger partial charge >= 0.3 is 0 Å². The number of nitrogens with zero attached hydrogens (tertiary/aromatic N) is 1. The average molecular weight is 244 g/mol. The molecule has 0 saturated heterocycles. The van der Waals surface area contributed by atoms with Gasteiger partial charge in [-0.2, -0.15) is 0 Å². The van der Waals surface area contributed by atoms with Gasteiger partial charge in [-0.25, -0.2) is 4.98 Å². The number of aromatic nitrogens is 1. The molecule has 0 fully saturated rings. The van der Waals surface area contributed by atoms with E-state index in [1.807, 2.05) is 12.3 Å². The quantitative estimate of drug-likeness (QED) is 0.793. The highest BCUT2D eigenvalue weighted by molar-refractivity contribution is 5.89. The summed E-state index contributed by atoms with van der Waals surface area (Å²) in [5.41, 5.74) is 1.22. The lowest BCUT2D eigenvalue weighted by Gasteiger charge is -2.10. The Morgan fingerprint density at radius 2 is 2.00 bits per heavy atom. The molecule has 0 radical (unpaired) electrons. The molecule has 2 rings (SSSR count). The van der Waals surface area contributed by atoms with E-state index in [0.717, 1.165) is 18.5 Å². The Bertz CT molecular complexity index is 511. The van der Waals surface area contributed by atoms with Crippen LogP contribution in [-0.2, 0) is 6.54 Å². The van der Waals surface area contributed by atoms with Crippen LogP contribution in [0, 0.1) is 0 Å². The first-order valence-electron chi connectivity index (χ1n) is 6.48. The summed E-state index contributed by atoms with van der Waals surface area (Å²) in [6, 6.07) is 8.24. The largest absolute Gasteiger partial charge is 0.481 e. The summed E-state index contributed by atoms with van der Waals surface area (Å²) in [6.07, 6.45) is 4.33. The standard InChI is InChI=1S/C15H20N2O/c1-3-4-9-16-10-12-11-17-15(18-2)14-8-6-5-7-13(12)14/h5-8,11,16H,3-4,9-10H2,1-2H3. The predicted molar refractivity (Wildman–Crippen MR) is 74.9 cm³/mol. The zero-order valence-corrected chi connectivity index (χ0v) is 11.1. The number of benzene rings is 1. The van der Waals surface area contributed by atoms with E-state index in [-0.39, 0.29) is 0 Å². The molecule has 1 aromatic heterocycles. The van der Waals surface area contributed by atoms with Crippen molar-refractivity contribution >= 4 is 10.8 Å². The van der Waals surface area contributed by atoms with E-state index < -0.39 is 0 Å². The van der Waals surface area contributed by atoms with E-state index >= 15 is 0 Å². The van der Waals surface area contributed by atoms with Gasteiger partial charge in [-0.15, -0.1) is 0 Å². The second-order valence-electron chi connectivity index (χ2n) is 4.37. The molecular formula is C15H20N2O. The van der Waals surface area contributed by atoms with E-state index in [1.165, 1.54) is 23.8 Å². The Morgan fingerprint density at radius 1 is 1.22 bits per heavy atom. The SMILES string of the molecule is CCCCNCc1cnc(OC)c2ccccc12. The molecule has 2 aromatic rings. The normalized spacial score (nSPS) is 10.8. The summed E-state index contributed by atoms with van der Waals surface area (Å²) >= 11 is 0. The number of hydrogen-bond acceptors (Lipinski definition) is 3. The van der Waals surface area contributed by atoms with Crippen molar-refractivity contribution < 1.29 is 4.74 Å². The van der Waals surface area contributed by atoms with Crippen LogP contribution in [0.1, 0.15) is 25.3 Å². The third-order valence-electron chi connectivity index (χ3n) is 3.06. The molecule has 0 atom stereocenters. The number of unbranched alkanes of at least 4 members (excludes halogenated alkanes) is 1. The average Bonchev–Trinajstić information content (AvgIpc) is 2.43. The molecule has 1 aromatic carbocycles. The van der Waals surface area contributed by atoms with E-state index in [2.05, 4.69) is 35.4 Å². The minimum atomic E-state index is 0.697. The Hall–Kier alpha value is -1.61. The van der Waals surface area contributed by atoms with Crippen LogP contribution in [0.3, 0.4) is 0 Å². The molecule has 0 unspecified atom stereocenters. The van der Waals surface area contributed by atoms with Gasteiger partial charge < -0.3 is 10.1 Å². The van der Waals surface area contributed by atoms with Crippen LogP contribution < -0.4 is 10.1 Å². The van der Waals surface area contributed by atoms with Crippen molar-refractivity contribution in [2.75, 3.05) is 13.7 Å². The molecule has 1 heterocycles. The van der Waals surface area contributed by atoms with E-state index in [9.17, 15) is 0 Å². The van der Waals surface area contributed by atoms with Crippen molar-refractivity contribution in [3.8, 4) is 5.88 Å². The highest BCUT2D eigenvalue weighted by Crippen LogP contribution is 2.25. The second kappa shape index (κ2) is 6.36. The maximum Gasteiger partial charge on any atom is 0.221 e. The maximum absolute atomic E-state index is 5.29. The number of fused-ring (bicyclic) bond motifs is 1. The van der Waals surface area contributed by atoms with Crippen LogP contribution in [0.5, 0.6) is 5.88 Å². The number of rotatable bonds is 6. The molecule has 0 aliphatic heterocycles. The first-order valence-corrected chi connectivity index (χ1v) is 6.48. The minimum Gasteiger partial charge on any atom is -0.481 e. The number of pyridine rings is 1. The highest BCUT2D eigenvalue weighted by atomic mass is 16.5. The van der Waals surface area contributed by atoms with Crippen molar-refractivity contribution in [2.24, 2.45) is 0 Å². The first kappa shape index (κ1) is 12.8. The number of ether oxygens (including phenoxy) is 1. The van der Waals surface area contributed by atoms with Crippen LogP contribution in [0.2, 0.25) is 0 Å². The molecule has 3 heteroatoms. The van der Waals surface area contributed by atoms with Crippen molar-refractivity contribution in [1.82, 2.24) is 10.3 Å². The lowest BCUT2D eigenvalue weighted by atomic mass is 10.1. The Kier molecular flexibility index (Phi) is 4.53. The van der Waals surface area contributed by atoms with Gasteiger partial charge in [0.2, 0.25) is 5.88 Å². The molecule has 0 bridgehead atoms. The Balaban J connectivity index is 2.23. The van der Waals surface area contributed by atoms with Crippen molar-refractivity contribution in [1.29, 1.82) is 0 Å². The van der Waals surface area contributed by atoms with Crippen LogP contribution >= 0.6 is 0 Å². The topological polar surface area (TPSA) is 34.2 Å². The van der Waals surface area contributed by atoms with Crippen LogP contribution in [0.15, 0.2) is 30.5 Å². The van der Waals surface area contributed by atoms with Crippen LogP contribution in [0.25, 0.3) is 10.8 Å². The van der Waals surface area contributed by atoms with E-state index in [4.69, 9.17) is 4.74 Å². The van der Waals surface area contributed by atoms with Gasteiger partial charge in [0.1, 0.15) is 0 Å². The molecular weight excluding hydrogens is 224 g/mol. The van der Waals surface area contributed by atoms with Crippen LogP contribution in [-0.4, -0.2) is 18.6 Å². The Morgan fingerprint density at radius 3 is 2.72 bits per heavy atom. The predicted octanol–water partition coefficient (Wildman–Crippen LogP) is 3.13. The van der Waals surface area contributed by atoms with E-state index in [0.29, 0.717) is 5.88 Å². The minimum absolute atomic E-state index is 0.697. The number of hydrogen-bond donors (Lipinski definition) is 1. The fourth-order valence-corrected chi connectivity index (χ4v) is 2.05. The van der Waals surface area contributed by atoms with Gasteiger partial charge in [-0.05, 0) is 30.0 Å². The molecule has 0 aliphatic rings. The summed E-state index contributed by atoms with van der Waals surface area (Å²) in [6.45, 7) is 4.11. The van der Waals surface area contributed by atoms with Crippen molar-refractivity contribution in [3.63, 3.8) is 0 Å². The van der Waals surface area contributed by atoms with Gasteiger partial charge in [-0.1, -0.05) is 31.5 Å². The zero-order valence-electron chi connectivity index (χ0n) is 11.1. The maximum atomic E-state index is 5.29. The molecule has 3 nitrogen and oxygen atoms in total. The molecule has 96 valence electrons. The third-order valence-corrected chi connectivity index (χ3v) is 3.06. The second-order valence-corrected chi connectivity index (χ2v) is 4.37. The molecule has 18 heavy (non-hydrogen) atoms. The lowest BCUT2D eigenvalue weighted by Crippen LogP contribution is -2.14. The van der Waals surface area contributed by atoms with Gasteiger partial charge in [0.15, 0.2) is 0 Å². The van der Waals surface area contributed by atoms with Gasteiger partial charge in [-0.3, -0.25) is 0 Å². The molecule has 1 N–H and O–H groups in total. The van der Waals surface area contributed by atoms with Crippen LogP contribution in [0.4, 0.5) is 0 Å². The first-order chi connectivity index (χ1) is 8.86. The highest BCUT2D eigenvalue weighted by Gasteiger charge is 2.06. The van der Waals surface area contributed by atoms with Gasteiger partial charge in [0, 0.05) is 18.1 Å². The third kappa shape index (κ3) is 2.79. The Labute approximate surface area is 108 Å². The van der Waals surface area contributed by atoms with Gasteiger partial charge in [0.25, 0.3) is 0 Å². The fraction of sp³-hybridized carbons (Fsp3) is 0.400. The fourth-order valence-electron chi connectivity index (χ4n) is 2.05. The molecule has 0 amide bonds. The summed E-state index contributed by atoms with van der Waals surface area (Å²) in [7, 11) is 1.66. The summed E-state index contributed by atoms with van der Waals surface area (Å²) in [4.78, 5) is 4.36. The molecule has 0 spiro atoms. The zero-order chi connectivity index (χ0) is 12.8.